The second kappa shape index (κ2) is 4.61. The second-order valence-electron chi connectivity index (χ2n) is 5.60. The molecule has 0 fully saturated rings. The lowest BCUT2D eigenvalue weighted by molar-refractivity contribution is -0.213. The van der Waals surface area contributed by atoms with Gasteiger partial charge < -0.3 is 19.7 Å². The number of carbonyl (C=O) groups excluding carboxylic acids is 1. The minimum atomic E-state index is -2.76. The molecule has 2 atom stereocenters. The van der Waals surface area contributed by atoms with E-state index >= 15 is 0 Å². The SMILES string of the molecule is CC(=O)CC1(C)C=CC2=C(OC(C(=O)O)(C(=O)O)O2)C1C. The van der Waals surface area contributed by atoms with E-state index in [9.17, 15) is 14.4 Å². The lowest BCUT2D eigenvalue weighted by Crippen LogP contribution is -2.48. The summed E-state index contributed by atoms with van der Waals surface area (Å²) in [4.78, 5) is 33.8. The van der Waals surface area contributed by atoms with Crippen LogP contribution in [-0.2, 0) is 23.9 Å². The van der Waals surface area contributed by atoms with Crippen molar-refractivity contribution in [2.45, 2.75) is 33.0 Å². The number of ether oxygens (including phenoxy) is 2. The zero-order chi connectivity index (χ0) is 16.0. The molecule has 0 aromatic carbocycles. The van der Waals surface area contributed by atoms with Crippen LogP contribution in [0.15, 0.2) is 23.7 Å². The highest BCUT2D eigenvalue weighted by molar-refractivity contribution is 6.00. The van der Waals surface area contributed by atoms with E-state index in [1.54, 1.807) is 13.0 Å². The Morgan fingerprint density at radius 1 is 1.24 bits per heavy atom. The summed E-state index contributed by atoms with van der Waals surface area (Å²) in [6.07, 6.45) is 3.42. The molecule has 7 heteroatoms. The molecule has 0 saturated carbocycles. The Hall–Kier alpha value is -2.31. The van der Waals surface area contributed by atoms with E-state index < -0.39 is 23.1 Å². The van der Waals surface area contributed by atoms with Gasteiger partial charge in [-0.1, -0.05) is 19.9 Å². The van der Waals surface area contributed by atoms with E-state index in [0.29, 0.717) is 0 Å². The third-order valence-corrected chi connectivity index (χ3v) is 3.94. The van der Waals surface area contributed by atoms with Gasteiger partial charge in [0.25, 0.3) is 0 Å². The molecule has 0 aromatic heterocycles. The molecule has 2 N–H and O–H groups in total. The standard InChI is InChI=1S/C14H16O7/c1-7(15)6-13(3)5-4-9-10(8(13)2)21-14(20-9,11(16)17)12(18)19/h4-5,8H,6H2,1-3H3,(H,16,17)(H,18,19). The summed E-state index contributed by atoms with van der Waals surface area (Å²) in [5, 5.41) is 18.2. The molecule has 1 aliphatic carbocycles. The highest BCUT2D eigenvalue weighted by atomic mass is 16.8. The van der Waals surface area contributed by atoms with Gasteiger partial charge in [0.1, 0.15) is 11.5 Å². The lowest BCUT2D eigenvalue weighted by atomic mass is 9.71. The Kier molecular flexibility index (Phi) is 3.31. The summed E-state index contributed by atoms with van der Waals surface area (Å²) in [6.45, 7) is 5.02. The largest absolute Gasteiger partial charge is 0.475 e. The van der Waals surface area contributed by atoms with Gasteiger partial charge >= 0.3 is 17.7 Å². The van der Waals surface area contributed by atoms with Crippen molar-refractivity contribution in [2.24, 2.45) is 11.3 Å². The molecule has 1 heterocycles. The molecule has 21 heavy (non-hydrogen) atoms. The zero-order valence-corrected chi connectivity index (χ0v) is 11.9. The van der Waals surface area contributed by atoms with E-state index in [0.717, 1.165) is 0 Å². The second-order valence-corrected chi connectivity index (χ2v) is 5.60. The van der Waals surface area contributed by atoms with Crippen LogP contribution in [0.4, 0.5) is 0 Å². The van der Waals surface area contributed by atoms with Crippen LogP contribution in [0.3, 0.4) is 0 Å². The molecule has 0 saturated heterocycles. The Bertz CT molecular complexity index is 572. The molecule has 2 rings (SSSR count). The Balaban J connectivity index is 2.35. The van der Waals surface area contributed by atoms with Crippen LogP contribution >= 0.6 is 0 Å². The number of carboxylic acid groups (broad SMARTS) is 2. The average Bonchev–Trinajstić information content (AvgIpc) is 2.75. The van der Waals surface area contributed by atoms with Crippen LogP contribution in [0.25, 0.3) is 0 Å². The van der Waals surface area contributed by atoms with Gasteiger partial charge in [-0.2, -0.15) is 0 Å². The van der Waals surface area contributed by atoms with Gasteiger partial charge in [-0.3, -0.25) is 4.79 Å². The van der Waals surface area contributed by atoms with E-state index in [1.807, 2.05) is 6.92 Å². The maximum atomic E-state index is 11.4. The minimum absolute atomic E-state index is 0.0281. The molecular formula is C14H16O7. The molecule has 0 radical (unpaired) electrons. The number of rotatable bonds is 4. The number of ketones is 1. The monoisotopic (exact) mass is 296 g/mol. The average molecular weight is 296 g/mol. The molecule has 0 aromatic rings. The fourth-order valence-corrected chi connectivity index (χ4v) is 2.57. The molecule has 7 nitrogen and oxygen atoms in total. The summed E-state index contributed by atoms with van der Waals surface area (Å²) in [7, 11) is 0. The Morgan fingerprint density at radius 2 is 1.81 bits per heavy atom. The van der Waals surface area contributed by atoms with Crippen molar-refractivity contribution in [2.75, 3.05) is 0 Å². The highest BCUT2D eigenvalue weighted by Crippen LogP contribution is 2.48. The van der Waals surface area contributed by atoms with E-state index in [4.69, 9.17) is 19.7 Å². The molecule has 114 valence electrons. The summed E-state index contributed by atoms with van der Waals surface area (Å²) < 4.78 is 10.2. The van der Waals surface area contributed by atoms with E-state index in [-0.39, 0.29) is 29.6 Å². The van der Waals surface area contributed by atoms with Crippen molar-refractivity contribution in [3.05, 3.63) is 23.7 Å². The molecule has 0 spiro atoms. The molecule has 1 aliphatic heterocycles. The first-order chi connectivity index (χ1) is 9.62. The highest BCUT2D eigenvalue weighted by Gasteiger charge is 2.60. The quantitative estimate of drug-likeness (QED) is 0.752. The number of allylic oxidation sites excluding steroid dienone is 3. The van der Waals surface area contributed by atoms with Crippen LogP contribution < -0.4 is 0 Å². The van der Waals surface area contributed by atoms with E-state index in [2.05, 4.69) is 0 Å². The number of Topliss-reactive ketones (excluding diaryl/α,β-unsaturated/α-hetero) is 1. The fraction of sp³-hybridized carbons (Fsp3) is 0.500. The van der Waals surface area contributed by atoms with Gasteiger partial charge in [0, 0.05) is 17.8 Å². The maximum absolute atomic E-state index is 11.4. The van der Waals surface area contributed by atoms with Gasteiger partial charge in [-0.15, -0.1) is 0 Å². The van der Waals surface area contributed by atoms with Crippen LogP contribution in [-0.4, -0.2) is 33.7 Å². The summed E-state index contributed by atoms with van der Waals surface area (Å²) in [5.74, 6) is -6.43. The third kappa shape index (κ3) is 2.18. The first kappa shape index (κ1) is 15.1. The van der Waals surface area contributed by atoms with Gasteiger partial charge in [0.2, 0.25) is 0 Å². The predicted molar refractivity (Wildman–Crippen MR) is 68.9 cm³/mol. The first-order valence-electron chi connectivity index (χ1n) is 6.40. The van der Waals surface area contributed by atoms with Crippen molar-refractivity contribution in [1.29, 1.82) is 0 Å². The van der Waals surface area contributed by atoms with E-state index in [1.165, 1.54) is 13.0 Å². The number of carboxylic acids is 2. The van der Waals surface area contributed by atoms with Gasteiger partial charge in [0.15, 0.2) is 5.76 Å². The Morgan fingerprint density at radius 3 is 2.29 bits per heavy atom. The number of aliphatic carboxylic acids is 2. The summed E-state index contributed by atoms with van der Waals surface area (Å²) in [6, 6.07) is 0. The smallest absolute Gasteiger partial charge is 0.452 e. The number of carbonyl (C=O) groups is 3. The van der Waals surface area contributed by atoms with Crippen LogP contribution in [0.5, 0.6) is 0 Å². The van der Waals surface area contributed by atoms with Crippen LogP contribution in [0.1, 0.15) is 27.2 Å². The third-order valence-electron chi connectivity index (χ3n) is 3.94. The van der Waals surface area contributed by atoms with Gasteiger partial charge in [-0.25, -0.2) is 9.59 Å². The van der Waals surface area contributed by atoms with Crippen molar-refractivity contribution in [3.8, 4) is 0 Å². The summed E-state index contributed by atoms with van der Waals surface area (Å²) in [5.41, 5.74) is -0.582. The lowest BCUT2D eigenvalue weighted by Gasteiger charge is -2.34. The number of hydrogen-bond acceptors (Lipinski definition) is 5. The first-order valence-corrected chi connectivity index (χ1v) is 6.40. The topological polar surface area (TPSA) is 110 Å². The number of hydrogen-bond donors (Lipinski definition) is 2. The predicted octanol–water partition coefficient (Wildman–Crippen LogP) is 1.30. The minimum Gasteiger partial charge on any atom is -0.475 e. The van der Waals surface area contributed by atoms with Gasteiger partial charge in [-0.05, 0) is 13.0 Å². The fourth-order valence-electron chi connectivity index (χ4n) is 2.57. The van der Waals surface area contributed by atoms with Crippen LogP contribution in [0.2, 0.25) is 0 Å². The Labute approximate surface area is 120 Å². The van der Waals surface area contributed by atoms with Crippen molar-refractivity contribution in [3.63, 3.8) is 0 Å². The molecule has 2 unspecified atom stereocenters. The zero-order valence-electron chi connectivity index (χ0n) is 11.9. The van der Waals surface area contributed by atoms with Crippen molar-refractivity contribution >= 4 is 17.7 Å². The summed E-state index contributed by atoms with van der Waals surface area (Å²) >= 11 is 0. The molecular weight excluding hydrogens is 280 g/mol. The molecule has 0 amide bonds. The normalized spacial score (nSPS) is 29.4. The van der Waals surface area contributed by atoms with Crippen LogP contribution in [0, 0.1) is 11.3 Å². The van der Waals surface area contributed by atoms with Gasteiger partial charge in [0.05, 0.1) is 0 Å². The van der Waals surface area contributed by atoms with Crippen molar-refractivity contribution in [1.82, 2.24) is 0 Å². The molecule has 0 bridgehead atoms. The van der Waals surface area contributed by atoms with Crippen molar-refractivity contribution < 1.29 is 34.1 Å². The molecule has 2 aliphatic rings. The maximum Gasteiger partial charge on any atom is 0.452 e.